The average molecular weight is 495 g/mol. The van der Waals surface area contributed by atoms with Crippen LogP contribution in [-0.2, 0) is 19.1 Å². The first-order valence-corrected chi connectivity index (χ1v) is 12.3. The third-order valence-corrected chi connectivity index (χ3v) is 8.09. The second-order valence-electron chi connectivity index (χ2n) is 8.60. The number of carbonyl (C=O) groups excluding carboxylic acids is 2. The van der Waals surface area contributed by atoms with Gasteiger partial charge in [0.2, 0.25) is 0 Å². The lowest BCUT2D eigenvalue weighted by molar-refractivity contribution is -0.138. The van der Waals surface area contributed by atoms with Crippen LogP contribution in [0.4, 0.5) is 11.4 Å². The highest BCUT2D eigenvalue weighted by molar-refractivity contribution is 8.29. The van der Waals surface area contributed by atoms with Crippen molar-refractivity contribution in [3.8, 4) is 0 Å². The normalized spacial score (nSPS) is 18.0. The first-order valence-electron chi connectivity index (χ1n) is 10.7. The highest BCUT2D eigenvalue weighted by Crippen LogP contribution is 2.55. The van der Waals surface area contributed by atoms with E-state index in [1.54, 1.807) is 0 Å². The number of aliphatic imine (C=N–C) groups is 1. The van der Waals surface area contributed by atoms with Crippen LogP contribution < -0.4 is 5.32 Å². The van der Waals surface area contributed by atoms with E-state index in [9.17, 15) is 9.59 Å². The third kappa shape index (κ3) is 4.52. The van der Waals surface area contributed by atoms with Crippen molar-refractivity contribution in [1.82, 2.24) is 0 Å². The van der Waals surface area contributed by atoms with Gasteiger partial charge in [0.15, 0.2) is 0 Å². The lowest BCUT2D eigenvalue weighted by Crippen LogP contribution is -2.44. The van der Waals surface area contributed by atoms with E-state index in [4.69, 9.17) is 14.5 Å². The number of methoxy groups -OCH3 is 2. The van der Waals surface area contributed by atoms with Crippen LogP contribution in [0.25, 0.3) is 5.57 Å². The molecule has 0 spiro atoms. The van der Waals surface area contributed by atoms with Gasteiger partial charge in [-0.05, 0) is 52.0 Å². The molecule has 0 unspecified atom stereocenters. The Labute approximate surface area is 207 Å². The average Bonchev–Trinajstić information content (AvgIpc) is 3.25. The van der Waals surface area contributed by atoms with E-state index in [1.165, 1.54) is 37.7 Å². The quantitative estimate of drug-likeness (QED) is 0.526. The first kappa shape index (κ1) is 24.2. The summed E-state index contributed by atoms with van der Waals surface area (Å²) in [5.41, 5.74) is 6.20. The summed E-state index contributed by atoms with van der Waals surface area (Å²) in [6.45, 7) is 8.22. The van der Waals surface area contributed by atoms with Gasteiger partial charge >= 0.3 is 11.9 Å². The summed E-state index contributed by atoms with van der Waals surface area (Å²) in [4.78, 5) is 30.5. The van der Waals surface area contributed by atoms with E-state index in [1.807, 2.05) is 38.1 Å². The maximum atomic E-state index is 12.5. The Balaban J connectivity index is 1.97. The largest absolute Gasteiger partial charge is 0.465 e. The van der Waals surface area contributed by atoms with Gasteiger partial charge in [-0.15, -0.1) is 0 Å². The summed E-state index contributed by atoms with van der Waals surface area (Å²) >= 11 is 2.45. The molecule has 0 bridgehead atoms. The molecule has 34 heavy (non-hydrogen) atoms. The van der Waals surface area contributed by atoms with Crippen LogP contribution in [0.1, 0.15) is 30.5 Å². The van der Waals surface area contributed by atoms with Crippen LogP contribution in [-0.4, -0.2) is 37.4 Å². The minimum atomic E-state index is -0.566. The third-order valence-electron chi connectivity index (χ3n) is 5.54. The lowest BCUT2D eigenvalue weighted by Gasteiger charge is -2.38. The summed E-state index contributed by atoms with van der Waals surface area (Å²) < 4.78 is 10.7. The molecule has 4 rings (SSSR count). The number of ether oxygens (including phenoxy) is 2. The molecular formula is C26H26N2O4S2. The van der Waals surface area contributed by atoms with E-state index in [0.717, 1.165) is 43.6 Å². The Morgan fingerprint density at radius 3 is 2.00 bits per heavy atom. The summed E-state index contributed by atoms with van der Waals surface area (Å²) in [5, 5.41) is 3.61. The second-order valence-corrected chi connectivity index (χ2v) is 10.9. The number of thioether (sulfide) groups is 2. The van der Waals surface area contributed by atoms with E-state index in [0.29, 0.717) is 0 Å². The number of rotatable bonds is 3. The van der Waals surface area contributed by atoms with Crippen LogP contribution in [0.15, 0.2) is 61.5 Å². The van der Waals surface area contributed by atoms with Crippen LogP contribution in [0.3, 0.4) is 0 Å². The minimum absolute atomic E-state index is 0.224. The van der Waals surface area contributed by atoms with Crippen molar-refractivity contribution < 1.29 is 19.1 Å². The van der Waals surface area contributed by atoms with Crippen molar-refractivity contribution in [3.05, 3.63) is 73.2 Å². The summed E-state index contributed by atoms with van der Waals surface area (Å²) in [6, 6.07) is 14.2. The molecule has 0 atom stereocenters. The van der Waals surface area contributed by atoms with Crippen molar-refractivity contribution >= 4 is 58.1 Å². The molecule has 2 aromatic rings. The summed E-state index contributed by atoms with van der Waals surface area (Å²) in [7, 11) is 2.61. The predicted molar refractivity (Wildman–Crippen MR) is 140 cm³/mol. The zero-order valence-electron chi connectivity index (χ0n) is 19.9. The number of carbonyl (C=O) groups is 2. The number of nitrogens with one attached hydrogen (secondary N) is 1. The predicted octanol–water partition coefficient (Wildman–Crippen LogP) is 5.99. The second kappa shape index (κ2) is 9.35. The number of hydrogen-bond acceptors (Lipinski definition) is 8. The fourth-order valence-corrected chi connectivity index (χ4v) is 6.41. The Bertz CT molecular complexity index is 1240. The van der Waals surface area contributed by atoms with E-state index < -0.39 is 17.5 Å². The number of hydrogen-bond donors (Lipinski definition) is 1. The standard InChI is InChI=1S/C26H26N2O4S2/c1-14-7-10-16(11-8-14)27-22-19(17-13-15(2)9-12-18(17)28-26(22,3)4)25-33-20(23(29)31-5)21(34-25)24(30)32-6/h7-13,28H,1-6H3. The number of fused-ring (bicyclic) bond motifs is 1. The van der Waals surface area contributed by atoms with E-state index in [2.05, 4.69) is 37.4 Å². The van der Waals surface area contributed by atoms with Crippen molar-refractivity contribution in [1.29, 1.82) is 0 Å². The van der Waals surface area contributed by atoms with Crippen molar-refractivity contribution in [2.45, 2.75) is 33.2 Å². The van der Waals surface area contributed by atoms with Crippen LogP contribution in [0, 0.1) is 13.8 Å². The van der Waals surface area contributed by atoms with E-state index in [-0.39, 0.29) is 9.81 Å². The summed E-state index contributed by atoms with van der Waals surface area (Å²) in [5.74, 6) is -1.13. The molecule has 2 aromatic carbocycles. The Morgan fingerprint density at radius 1 is 0.882 bits per heavy atom. The maximum Gasteiger partial charge on any atom is 0.346 e. The highest BCUT2D eigenvalue weighted by atomic mass is 32.2. The molecule has 176 valence electrons. The van der Waals surface area contributed by atoms with Gasteiger partial charge in [0.1, 0.15) is 9.81 Å². The molecule has 0 aromatic heterocycles. The van der Waals surface area contributed by atoms with Gasteiger partial charge in [0.05, 0.1) is 35.4 Å². The van der Waals surface area contributed by atoms with Gasteiger partial charge in [0, 0.05) is 16.8 Å². The zero-order chi connectivity index (χ0) is 24.6. The van der Waals surface area contributed by atoms with Crippen molar-refractivity contribution in [3.63, 3.8) is 0 Å². The smallest absolute Gasteiger partial charge is 0.346 e. The fraction of sp³-hybridized carbons (Fsp3) is 0.269. The van der Waals surface area contributed by atoms with Crippen LogP contribution in [0.2, 0.25) is 0 Å². The Morgan fingerprint density at radius 2 is 1.44 bits per heavy atom. The monoisotopic (exact) mass is 494 g/mol. The van der Waals surface area contributed by atoms with Gasteiger partial charge in [-0.25, -0.2) is 9.59 Å². The number of anilines is 1. The lowest BCUT2D eigenvalue weighted by atomic mass is 9.83. The fourth-order valence-electron chi connectivity index (χ4n) is 3.82. The van der Waals surface area contributed by atoms with Gasteiger partial charge in [-0.2, -0.15) is 0 Å². The zero-order valence-corrected chi connectivity index (χ0v) is 21.6. The SMILES string of the molecule is COC(=O)C1=C(C(=O)OC)SC(=C2C(=Nc3ccc(C)cc3)C(C)(C)Nc3ccc(C)cc32)S1. The first-order chi connectivity index (χ1) is 16.1. The molecular weight excluding hydrogens is 468 g/mol. The Hall–Kier alpha value is -2.97. The van der Waals surface area contributed by atoms with Gasteiger partial charge in [-0.1, -0.05) is 52.8 Å². The topological polar surface area (TPSA) is 77.0 Å². The van der Waals surface area contributed by atoms with Crippen LogP contribution in [0.5, 0.6) is 0 Å². The van der Waals surface area contributed by atoms with E-state index >= 15 is 0 Å². The molecule has 1 N–H and O–H groups in total. The minimum Gasteiger partial charge on any atom is -0.465 e. The highest BCUT2D eigenvalue weighted by Gasteiger charge is 2.41. The molecule has 2 aliphatic rings. The molecule has 6 nitrogen and oxygen atoms in total. The van der Waals surface area contributed by atoms with Crippen molar-refractivity contribution in [2.24, 2.45) is 4.99 Å². The molecule has 0 saturated heterocycles. The molecule has 0 fully saturated rings. The summed E-state index contributed by atoms with van der Waals surface area (Å²) in [6.07, 6.45) is 0. The van der Waals surface area contributed by atoms with Gasteiger partial charge in [-0.3, -0.25) is 4.99 Å². The Kier molecular flexibility index (Phi) is 6.64. The molecule has 0 saturated carbocycles. The number of aryl methyl sites for hydroxylation is 2. The molecule has 2 heterocycles. The number of nitrogens with zero attached hydrogens (tertiary/aromatic N) is 1. The van der Waals surface area contributed by atoms with Crippen molar-refractivity contribution in [2.75, 3.05) is 19.5 Å². The number of esters is 2. The molecule has 8 heteroatoms. The number of benzene rings is 2. The molecule has 0 amide bonds. The molecule has 2 aliphatic heterocycles. The van der Waals surface area contributed by atoms with Gasteiger partial charge in [0.25, 0.3) is 0 Å². The molecule has 0 aliphatic carbocycles. The maximum absolute atomic E-state index is 12.5. The van der Waals surface area contributed by atoms with Crippen LogP contribution >= 0.6 is 23.5 Å². The van der Waals surface area contributed by atoms with Gasteiger partial charge < -0.3 is 14.8 Å². The molecule has 0 radical (unpaired) electrons.